The Morgan fingerprint density at radius 3 is 2.62 bits per heavy atom. The molecule has 0 atom stereocenters. The van der Waals surface area contributed by atoms with Crippen LogP contribution < -0.4 is 0 Å². The molecule has 0 aliphatic rings. The summed E-state index contributed by atoms with van der Waals surface area (Å²) in [5.74, 6) is -0.343. The molecule has 0 radical (unpaired) electrons. The summed E-state index contributed by atoms with van der Waals surface area (Å²) < 4.78 is 4.74. The van der Waals surface area contributed by atoms with Gasteiger partial charge in [0, 0.05) is 18.7 Å². The first-order valence-corrected chi connectivity index (χ1v) is 3.91. The van der Waals surface area contributed by atoms with E-state index in [1.807, 2.05) is 0 Å². The Labute approximate surface area is 75.9 Å². The smallest absolute Gasteiger partial charge is 0.303 e. The van der Waals surface area contributed by atoms with Gasteiger partial charge in [-0.1, -0.05) is 0 Å². The normalized spacial score (nSPS) is 9.69. The van der Waals surface area contributed by atoms with Gasteiger partial charge in [0.25, 0.3) is 0 Å². The number of hydrogen-bond acceptors (Lipinski definition) is 3. The van der Waals surface area contributed by atoms with Gasteiger partial charge in [-0.25, -0.2) is 0 Å². The van der Waals surface area contributed by atoms with E-state index in [0.29, 0.717) is 5.56 Å². The monoisotopic (exact) mass is 181 g/mol. The average Bonchev–Trinajstić information content (AvgIpc) is 2.48. The van der Waals surface area contributed by atoms with Gasteiger partial charge in [0.05, 0.1) is 5.69 Å². The van der Waals surface area contributed by atoms with Gasteiger partial charge in [-0.15, -0.1) is 0 Å². The van der Waals surface area contributed by atoms with Crippen LogP contribution in [0, 0.1) is 0 Å². The molecule has 0 aliphatic heterocycles. The molecule has 1 aromatic heterocycles. The highest BCUT2D eigenvalue weighted by atomic mass is 16.5. The molecule has 4 nitrogen and oxygen atoms in total. The number of esters is 1. The van der Waals surface area contributed by atoms with Crippen LogP contribution in [0.5, 0.6) is 0 Å². The van der Waals surface area contributed by atoms with E-state index in [-0.39, 0.29) is 18.4 Å². The number of aromatic amines is 1. The van der Waals surface area contributed by atoms with Crippen molar-refractivity contribution in [3.8, 4) is 0 Å². The molecule has 0 fully saturated rings. The number of Topliss-reactive ketones (excluding diaryl/α,β-unsaturated/α-hetero) is 1. The molecule has 1 heterocycles. The molecule has 0 aromatic carbocycles. The van der Waals surface area contributed by atoms with Crippen molar-refractivity contribution < 1.29 is 14.3 Å². The zero-order valence-corrected chi connectivity index (χ0v) is 7.59. The van der Waals surface area contributed by atoms with E-state index in [2.05, 4.69) is 4.98 Å². The predicted molar refractivity (Wildman–Crippen MR) is 46.3 cm³/mol. The average molecular weight is 181 g/mol. The maximum atomic E-state index is 10.9. The van der Waals surface area contributed by atoms with Crippen molar-refractivity contribution in [1.29, 1.82) is 0 Å². The molecule has 0 amide bonds. The molecule has 1 N–H and O–H groups in total. The standard InChI is InChI=1S/C9H11NO3/c1-6(11)8-3-9(10-4-8)5-13-7(2)12/h3-4,10H,5H2,1-2H3. The topological polar surface area (TPSA) is 59.2 Å². The van der Waals surface area contributed by atoms with Crippen LogP contribution in [0.4, 0.5) is 0 Å². The maximum Gasteiger partial charge on any atom is 0.303 e. The molecular formula is C9H11NO3. The van der Waals surface area contributed by atoms with E-state index in [4.69, 9.17) is 4.74 Å². The molecule has 0 saturated carbocycles. The van der Waals surface area contributed by atoms with Crippen molar-refractivity contribution in [2.45, 2.75) is 20.5 Å². The molecule has 0 spiro atoms. The second-order valence-corrected chi connectivity index (χ2v) is 2.75. The largest absolute Gasteiger partial charge is 0.459 e. The summed E-state index contributed by atoms with van der Waals surface area (Å²) in [6, 6.07) is 1.67. The Hall–Kier alpha value is -1.58. The number of H-pyrrole nitrogens is 1. The third-order valence-corrected chi connectivity index (χ3v) is 1.58. The first-order valence-electron chi connectivity index (χ1n) is 3.91. The number of ether oxygens (including phenoxy) is 1. The number of rotatable bonds is 3. The minimum Gasteiger partial charge on any atom is -0.459 e. The van der Waals surface area contributed by atoms with Gasteiger partial charge >= 0.3 is 5.97 Å². The van der Waals surface area contributed by atoms with Crippen molar-refractivity contribution in [2.24, 2.45) is 0 Å². The molecule has 0 aliphatic carbocycles. The van der Waals surface area contributed by atoms with Gasteiger partial charge in [-0.2, -0.15) is 0 Å². The first-order chi connectivity index (χ1) is 6.09. The van der Waals surface area contributed by atoms with E-state index in [1.54, 1.807) is 12.3 Å². The molecule has 0 saturated heterocycles. The lowest BCUT2D eigenvalue weighted by Crippen LogP contribution is -1.98. The molecular weight excluding hydrogens is 170 g/mol. The number of carbonyl (C=O) groups excluding carboxylic acids is 2. The van der Waals surface area contributed by atoms with Gasteiger partial charge in [-0.3, -0.25) is 9.59 Å². The van der Waals surface area contributed by atoms with Crippen LogP contribution in [0.15, 0.2) is 12.3 Å². The van der Waals surface area contributed by atoms with Gasteiger partial charge in [0.2, 0.25) is 0 Å². The zero-order chi connectivity index (χ0) is 9.84. The highest BCUT2D eigenvalue weighted by molar-refractivity contribution is 5.94. The highest BCUT2D eigenvalue weighted by Crippen LogP contribution is 2.05. The van der Waals surface area contributed by atoms with Gasteiger partial charge < -0.3 is 9.72 Å². The third-order valence-electron chi connectivity index (χ3n) is 1.58. The summed E-state index contributed by atoms with van der Waals surface area (Å²) in [4.78, 5) is 24.2. The Kier molecular flexibility index (Phi) is 2.84. The minimum absolute atomic E-state index is 0.00896. The first kappa shape index (κ1) is 9.51. The number of aromatic nitrogens is 1. The van der Waals surface area contributed by atoms with Crippen LogP contribution in [-0.2, 0) is 16.1 Å². The van der Waals surface area contributed by atoms with Crippen molar-refractivity contribution in [3.05, 3.63) is 23.5 Å². The fraction of sp³-hybridized carbons (Fsp3) is 0.333. The van der Waals surface area contributed by atoms with Crippen LogP contribution in [-0.4, -0.2) is 16.7 Å². The number of ketones is 1. The Bertz CT molecular complexity index is 327. The van der Waals surface area contributed by atoms with Crippen molar-refractivity contribution in [2.75, 3.05) is 0 Å². The molecule has 70 valence electrons. The molecule has 13 heavy (non-hydrogen) atoms. The van der Waals surface area contributed by atoms with Gasteiger partial charge in [-0.05, 0) is 13.0 Å². The summed E-state index contributed by atoms with van der Waals surface area (Å²) >= 11 is 0. The lowest BCUT2D eigenvalue weighted by atomic mass is 10.2. The minimum atomic E-state index is -0.334. The lowest BCUT2D eigenvalue weighted by molar-refractivity contribution is -0.142. The Morgan fingerprint density at radius 1 is 1.46 bits per heavy atom. The second kappa shape index (κ2) is 3.89. The molecule has 0 bridgehead atoms. The zero-order valence-electron chi connectivity index (χ0n) is 7.59. The Morgan fingerprint density at radius 2 is 2.15 bits per heavy atom. The SMILES string of the molecule is CC(=O)OCc1cc(C(C)=O)c[nH]1. The summed E-state index contributed by atoms with van der Waals surface area (Å²) in [6.07, 6.45) is 1.60. The third kappa shape index (κ3) is 2.74. The maximum absolute atomic E-state index is 10.9. The predicted octanol–water partition coefficient (Wildman–Crippen LogP) is 1.28. The van der Waals surface area contributed by atoms with Crippen LogP contribution in [0.1, 0.15) is 29.9 Å². The van der Waals surface area contributed by atoms with E-state index >= 15 is 0 Å². The van der Waals surface area contributed by atoms with Gasteiger partial charge in [0.15, 0.2) is 5.78 Å². The summed E-state index contributed by atoms with van der Waals surface area (Å²) in [7, 11) is 0. The Balaban J connectivity index is 2.59. The van der Waals surface area contributed by atoms with Crippen molar-refractivity contribution >= 4 is 11.8 Å². The molecule has 1 aromatic rings. The van der Waals surface area contributed by atoms with Crippen LogP contribution in [0.2, 0.25) is 0 Å². The second-order valence-electron chi connectivity index (χ2n) is 2.75. The number of nitrogens with one attached hydrogen (secondary N) is 1. The number of hydrogen-bond donors (Lipinski definition) is 1. The number of carbonyl (C=O) groups is 2. The summed E-state index contributed by atoms with van der Waals surface area (Å²) in [5, 5.41) is 0. The fourth-order valence-corrected chi connectivity index (χ4v) is 0.907. The van der Waals surface area contributed by atoms with Crippen LogP contribution >= 0.6 is 0 Å². The van der Waals surface area contributed by atoms with Gasteiger partial charge in [0.1, 0.15) is 6.61 Å². The fourth-order valence-electron chi connectivity index (χ4n) is 0.907. The van der Waals surface area contributed by atoms with E-state index < -0.39 is 0 Å². The molecule has 0 unspecified atom stereocenters. The summed E-state index contributed by atoms with van der Waals surface area (Å²) in [5.41, 5.74) is 1.32. The lowest BCUT2D eigenvalue weighted by Gasteiger charge is -1.97. The van der Waals surface area contributed by atoms with E-state index in [0.717, 1.165) is 5.69 Å². The highest BCUT2D eigenvalue weighted by Gasteiger charge is 2.03. The molecule has 4 heteroatoms. The van der Waals surface area contributed by atoms with Crippen molar-refractivity contribution in [3.63, 3.8) is 0 Å². The quantitative estimate of drug-likeness (QED) is 0.564. The summed E-state index contributed by atoms with van der Waals surface area (Å²) in [6.45, 7) is 3.01. The van der Waals surface area contributed by atoms with Crippen LogP contribution in [0.3, 0.4) is 0 Å². The van der Waals surface area contributed by atoms with Crippen LogP contribution in [0.25, 0.3) is 0 Å². The van der Waals surface area contributed by atoms with Crippen molar-refractivity contribution in [1.82, 2.24) is 4.98 Å². The molecule has 1 rings (SSSR count). The van der Waals surface area contributed by atoms with E-state index in [9.17, 15) is 9.59 Å². The van der Waals surface area contributed by atoms with E-state index in [1.165, 1.54) is 13.8 Å².